The predicted molar refractivity (Wildman–Crippen MR) is 54.1 cm³/mol. The first kappa shape index (κ1) is 14.8. The van der Waals surface area contributed by atoms with Gasteiger partial charge in [-0.3, -0.25) is 0 Å². The minimum Gasteiger partial charge on any atom is -0.465 e. The van der Waals surface area contributed by atoms with Crippen LogP contribution in [0, 0.1) is 11.3 Å². The molecule has 0 aliphatic carbocycles. The Morgan fingerprint density at radius 3 is 2.37 bits per heavy atom. The van der Waals surface area contributed by atoms with E-state index < -0.39 is 41.4 Å². The number of carbonyl (C=O) groups is 1. The zero-order valence-corrected chi connectivity index (χ0v) is 9.49. The van der Waals surface area contributed by atoms with Gasteiger partial charge in [0.15, 0.2) is 0 Å². The molecule has 1 aromatic rings. The lowest BCUT2D eigenvalue weighted by atomic mass is 10.0. The van der Waals surface area contributed by atoms with Crippen LogP contribution in [0.1, 0.15) is 27.9 Å². The van der Waals surface area contributed by atoms with Crippen molar-refractivity contribution in [3.63, 3.8) is 0 Å². The number of hydrogen-bond donors (Lipinski definition) is 0. The van der Waals surface area contributed by atoms with Crippen molar-refractivity contribution in [3.8, 4) is 11.8 Å². The molecular formula is C11H7F4NO3. The third-order valence-corrected chi connectivity index (χ3v) is 2.13. The maximum Gasteiger partial charge on any atom is 0.387 e. The highest BCUT2D eigenvalue weighted by Crippen LogP contribution is 2.31. The number of alkyl halides is 4. The van der Waals surface area contributed by atoms with Crippen molar-refractivity contribution in [2.24, 2.45) is 0 Å². The molecule has 0 aliphatic rings. The first-order valence-electron chi connectivity index (χ1n) is 4.80. The summed E-state index contributed by atoms with van der Waals surface area (Å²) in [5.41, 5.74) is -1.94. The number of methoxy groups -OCH3 is 1. The smallest absolute Gasteiger partial charge is 0.387 e. The van der Waals surface area contributed by atoms with Crippen molar-refractivity contribution >= 4 is 5.97 Å². The summed E-state index contributed by atoms with van der Waals surface area (Å²) in [6, 6.07) is 2.69. The minimum absolute atomic E-state index is 0.525. The summed E-state index contributed by atoms with van der Waals surface area (Å²) in [7, 11) is 0.948. The second-order valence-electron chi connectivity index (χ2n) is 3.22. The largest absolute Gasteiger partial charge is 0.465 e. The normalized spacial score (nSPS) is 10.4. The van der Waals surface area contributed by atoms with Crippen LogP contribution in [-0.2, 0) is 4.74 Å². The van der Waals surface area contributed by atoms with Gasteiger partial charge in [0.2, 0.25) is 0 Å². The molecule has 0 aromatic heterocycles. The summed E-state index contributed by atoms with van der Waals surface area (Å²) in [5, 5.41) is 8.69. The number of nitriles is 1. The van der Waals surface area contributed by atoms with E-state index in [0.29, 0.717) is 12.1 Å². The Morgan fingerprint density at radius 1 is 1.32 bits per heavy atom. The Balaban J connectivity index is 3.43. The Kier molecular flexibility index (Phi) is 4.69. The molecule has 0 spiro atoms. The van der Waals surface area contributed by atoms with Gasteiger partial charge in [0.1, 0.15) is 11.8 Å². The molecule has 0 fully saturated rings. The average Bonchev–Trinajstić information content (AvgIpc) is 2.36. The predicted octanol–water partition coefficient (Wildman–Crippen LogP) is 2.88. The molecule has 0 unspecified atom stereocenters. The van der Waals surface area contributed by atoms with Gasteiger partial charge in [-0.25, -0.2) is 13.6 Å². The topological polar surface area (TPSA) is 59.3 Å². The van der Waals surface area contributed by atoms with Gasteiger partial charge in [0.25, 0.3) is 6.43 Å². The lowest BCUT2D eigenvalue weighted by Gasteiger charge is -2.12. The van der Waals surface area contributed by atoms with Crippen LogP contribution < -0.4 is 4.74 Å². The van der Waals surface area contributed by atoms with Crippen molar-refractivity contribution in [1.29, 1.82) is 5.26 Å². The monoisotopic (exact) mass is 277 g/mol. The second-order valence-corrected chi connectivity index (χ2v) is 3.22. The van der Waals surface area contributed by atoms with Gasteiger partial charge in [0.05, 0.1) is 18.2 Å². The van der Waals surface area contributed by atoms with Gasteiger partial charge in [0, 0.05) is 5.56 Å². The molecule has 0 heterocycles. The summed E-state index contributed by atoms with van der Waals surface area (Å²) in [6.45, 7) is -3.25. The van der Waals surface area contributed by atoms with E-state index in [0.717, 1.165) is 7.11 Å². The average molecular weight is 277 g/mol. The maximum atomic E-state index is 12.7. The molecule has 8 heteroatoms. The Hall–Kier alpha value is -2.30. The van der Waals surface area contributed by atoms with E-state index in [1.165, 1.54) is 6.07 Å². The zero-order valence-electron chi connectivity index (χ0n) is 9.49. The number of rotatable bonds is 4. The minimum atomic E-state index is -3.25. The van der Waals surface area contributed by atoms with E-state index in [1.54, 1.807) is 0 Å². The van der Waals surface area contributed by atoms with E-state index in [-0.39, 0.29) is 0 Å². The second kappa shape index (κ2) is 6.04. The summed E-state index contributed by atoms with van der Waals surface area (Å²) >= 11 is 0. The summed E-state index contributed by atoms with van der Waals surface area (Å²) < 4.78 is 57.9. The highest BCUT2D eigenvalue weighted by atomic mass is 19.3. The molecule has 1 rings (SSSR count). The van der Waals surface area contributed by atoms with Crippen molar-refractivity contribution in [2.75, 3.05) is 7.11 Å². The van der Waals surface area contributed by atoms with Gasteiger partial charge < -0.3 is 9.47 Å². The summed E-state index contributed by atoms with van der Waals surface area (Å²) in [5.74, 6) is -1.80. The molecular weight excluding hydrogens is 270 g/mol. The molecule has 19 heavy (non-hydrogen) atoms. The molecule has 0 saturated carbocycles. The number of benzene rings is 1. The van der Waals surface area contributed by atoms with Gasteiger partial charge >= 0.3 is 12.6 Å². The lowest BCUT2D eigenvalue weighted by molar-refractivity contribution is -0.0501. The van der Waals surface area contributed by atoms with E-state index in [1.807, 2.05) is 0 Å². The van der Waals surface area contributed by atoms with Gasteiger partial charge in [-0.2, -0.15) is 14.0 Å². The summed E-state index contributed by atoms with van der Waals surface area (Å²) in [6.07, 6.45) is -3.07. The van der Waals surface area contributed by atoms with Crippen LogP contribution in [0.15, 0.2) is 12.1 Å². The van der Waals surface area contributed by atoms with Crippen LogP contribution in [0.25, 0.3) is 0 Å². The van der Waals surface area contributed by atoms with Crippen LogP contribution in [0.5, 0.6) is 5.75 Å². The number of ether oxygens (including phenoxy) is 2. The van der Waals surface area contributed by atoms with E-state index in [9.17, 15) is 22.4 Å². The SMILES string of the molecule is COC(=O)c1cc(OC(F)F)c(C#N)cc1C(F)F. The van der Waals surface area contributed by atoms with Crippen molar-refractivity contribution in [1.82, 2.24) is 0 Å². The molecule has 1 aromatic carbocycles. The molecule has 0 amide bonds. The number of hydrogen-bond acceptors (Lipinski definition) is 4. The van der Waals surface area contributed by atoms with E-state index in [2.05, 4.69) is 9.47 Å². The molecule has 0 radical (unpaired) electrons. The van der Waals surface area contributed by atoms with Crippen molar-refractivity contribution in [2.45, 2.75) is 13.0 Å². The molecule has 102 valence electrons. The van der Waals surface area contributed by atoms with Crippen LogP contribution >= 0.6 is 0 Å². The standard InChI is InChI=1S/C11H7F4NO3/c1-18-10(17)7-3-8(19-11(14)15)5(4-16)2-6(7)9(12)13/h2-3,9,11H,1H3. The zero-order chi connectivity index (χ0) is 14.6. The van der Waals surface area contributed by atoms with Crippen molar-refractivity contribution in [3.05, 3.63) is 28.8 Å². The maximum absolute atomic E-state index is 12.7. The fraction of sp³-hybridized carbons (Fsp3) is 0.273. The van der Waals surface area contributed by atoms with Crippen LogP contribution in [-0.4, -0.2) is 19.7 Å². The molecule has 0 aliphatic heterocycles. The van der Waals surface area contributed by atoms with Gasteiger partial charge in [-0.1, -0.05) is 0 Å². The Labute approximate surface area is 105 Å². The van der Waals surface area contributed by atoms with Gasteiger partial charge in [-0.05, 0) is 12.1 Å². The van der Waals surface area contributed by atoms with Crippen LogP contribution in [0.2, 0.25) is 0 Å². The lowest BCUT2D eigenvalue weighted by Crippen LogP contribution is -2.10. The number of nitrogens with zero attached hydrogens (tertiary/aromatic N) is 1. The molecule has 4 nitrogen and oxygen atoms in total. The Bertz CT molecular complexity index is 525. The Morgan fingerprint density at radius 2 is 1.95 bits per heavy atom. The molecule has 0 saturated heterocycles. The number of carbonyl (C=O) groups excluding carboxylic acids is 1. The quantitative estimate of drug-likeness (QED) is 0.627. The van der Waals surface area contributed by atoms with Crippen LogP contribution in [0.3, 0.4) is 0 Å². The third kappa shape index (κ3) is 3.34. The third-order valence-electron chi connectivity index (χ3n) is 2.13. The van der Waals surface area contributed by atoms with Crippen LogP contribution in [0.4, 0.5) is 17.6 Å². The highest BCUT2D eigenvalue weighted by Gasteiger charge is 2.23. The molecule has 0 bridgehead atoms. The molecule has 0 N–H and O–H groups in total. The van der Waals surface area contributed by atoms with E-state index >= 15 is 0 Å². The molecule has 0 atom stereocenters. The first-order chi connectivity index (χ1) is 8.90. The number of halogens is 4. The highest BCUT2D eigenvalue weighted by molar-refractivity contribution is 5.92. The van der Waals surface area contributed by atoms with Gasteiger partial charge in [-0.15, -0.1) is 0 Å². The fourth-order valence-electron chi connectivity index (χ4n) is 1.34. The number of esters is 1. The summed E-state index contributed by atoms with van der Waals surface area (Å²) in [4.78, 5) is 11.3. The fourth-order valence-corrected chi connectivity index (χ4v) is 1.34. The van der Waals surface area contributed by atoms with E-state index in [4.69, 9.17) is 5.26 Å². The first-order valence-corrected chi connectivity index (χ1v) is 4.80. The van der Waals surface area contributed by atoms with Crippen molar-refractivity contribution < 1.29 is 31.8 Å².